The average Bonchev–Trinajstić information content (AvgIpc) is 2.90. The van der Waals surface area contributed by atoms with Crippen LogP contribution in [0.15, 0.2) is 58.5 Å². The molecule has 4 nitrogen and oxygen atoms in total. The van der Waals surface area contributed by atoms with E-state index in [0.717, 1.165) is 46.5 Å². The maximum Gasteiger partial charge on any atom is 0.128 e. The van der Waals surface area contributed by atoms with Crippen molar-refractivity contribution in [1.82, 2.24) is 0 Å². The van der Waals surface area contributed by atoms with Gasteiger partial charge in [0.25, 0.3) is 0 Å². The van der Waals surface area contributed by atoms with Gasteiger partial charge >= 0.3 is 0 Å². The van der Waals surface area contributed by atoms with E-state index in [-0.39, 0.29) is 10.8 Å². The first-order valence-corrected chi connectivity index (χ1v) is 14.6. The fourth-order valence-corrected chi connectivity index (χ4v) is 4.65. The fraction of sp³-hybridized carbons (Fsp3) is 0.444. The quantitative estimate of drug-likeness (QED) is 0.279. The Morgan fingerprint density at radius 3 is 1.23 bits per heavy atom. The minimum Gasteiger partial charge on any atom is -0.507 e. The first-order chi connectivity index (χ1) is 18.6. The van der Waals surface area contributed by atoms with Crippen LogP contribution in [0.2, 0.25) is 0 Å². The summed E-state index contributed by atoms with van der Waals surface area (Å²) in [6, 6.07) is 16.0. The highest BCUT2D eigenvalue weighted by molar-refractivity contribution is 5.88. The molecule has 4 heteroatoms. The summed E-state index contributed by atoms with van der Waals surface area (Å²) in [7, 11) is 0. The van der Waals surface area contributed by atoms with Crippen molar-refractivity contribution in [3.8, 4) is 11.5 Å². The van der Waals surface area contributed by atoms with Crippen LogP contribution in [0, 0.1) is 0 Å². The van der Waals surface area contributed by atoms with Crippen LogP contribution in [0.4, 0.5) is 11.4 Å². The summed E-state index contributed by atoms with van der Waals surface area (Å²) in [5, 5.41) is 22.1. The van der Waals surface area contributed by atoms with Crippen molar-refractivity contribution in [2.24, 2.45) is 9.98 Å². The second-order valence-electron chi connectivity index (χ2n) is 13.2. The Morgan fingerprint density at radius 1 is 0.625 bits per heavy atom. The normalized spacial score (nSPS) is 14.2. The highest BCUT2D eigenvalue weighted by Crippen LogP contribution is 2.38. The van der Waals surface area contributed by atoms with Crippen molar-refractivity contribution in [2.45, 2.75) is 105 Å². The number of benzene rings is 3. The van der Waals surface area contributed by atoms with Gasteiger partial charge in [-0.1, -0.05) is 81.4 Å². The monoisotopic (exact) mass is 540 g/mol. The van der Waals surface area contributed by atoms with Crippen molar-refractivity contribution in [2.75, 3.05) is 0 Å². The van der Waals surface area contributed by atoms with Crippen LogP contribution in [0.3, 0.4) is 0 Å². The molecule has 0 aliphatic heterocycles. The van der Waals surface area contributed by atoms with Crippen molar-refractivity contribution >= 4 is 23.8 Å². The Bertz CT molecular complexity index is 1260. The molecule has 2 N–H and O–H groups in total. The van der Waals surface area contributed by atoms with Crippen LogP contribution in [-0.4, -0.2) is 22.6 Å². The molecule has 2 unspecified atom stereocenters. The number of phenolic OH excluding ortho intramolecular Hbond substituents is 2. The van der Waals surface area contributed by atoms with E-state index in [0.29, 0.717) is 23.3 Å². The molecular weight excluding hydrogens is 492 g/mol. The molecule has 0 heterocycles. The molecule has 0 aliphatic rings. The third-order valence-electron chi connectivity index (χ3n) is 7.86. The Labute approximate surface area is 241 Å². The van der Waals surface area contributed by atoms with E-state index in [2.05, 4.69) is 91.4 Å². The number of rotatable bonds is 8. The molecule has 3 rings (SSSR count). The summed E-state index contributed by atoms with van der Waals surface area (Å²) in [5.74, 6) is 1.38. The van der Waals surface area contributed by atoms with E-state index in [4.69, 9.17) is 0 Å². The Kier molecular flexibility index (Phi) is 9.66. The van der Waals surface area contributed by atoms with E-state index in [1.54, 1.807) is 12.4 Å². The minimum absolute atomic E-state index is 0.175. The Balaban J connectivity index is 1.90. The molecule has 0 spiro atoms. The van der Waals surface area contributed by atoms with Crippen molar-refractivity contribution in [3.63, 3.8) is 0 Å². The maximum atomic E-state index is 11.0. The lowest BCUT2D eigenvalue weighted by Gasteiger charge is -2.24. The van der Waals surface area contributed by atoms with Gasteiger partial charge in [0.1, 0.15) is 11.5 Å². The molecule has 3 aromatic carbocycles. The number of aliphatic imine (C=N–C) groups is 2. The molecule has 0 fully saturated rings. The van der Waals surface area contributed by atoms with Gasteiger partial charge in [-0.05, 0) is 83.0 Å². The van der Waals surface area contributed by atoms with E-state index in [1.807, 2.05) is 36.4 Å². The molecule has 0 amide bonds. The molecule has 0 saturated carbocycles. The molecule has 3 aromatic rings. The van der Waals surface area contributed by atoms with Crippen molar-refractivity contribution in [1.29, 1.82) is 0 Å². The second-order valence-corrected chi connectivity index (χ2v) is 13.2. The first-order valence-electron chi connectivity index (χ1n) is 14.6. The summed E-state index contributed by atoms with van der Waals surface area (Å²) < 4.78 is 0. The summed E-state index contributed by atoms with van der Waals surface area (Å²) >= 11 is 0. The molecular formula is C36H48N2O2. The molecule has 2 atom stereocenters. The molecule has 0 radical (unpaired) electrons. The summed E-state index contributed by atoms with van der Waals surface area (Å²) in [4.78, 5) is 9.32. The van der Waals surface area contributed by atoms with E-state index >= 15 is 0 Å². The molecule has 0 saturated heterocycles. The Morgan fingerprint density at radius 2 is 0.950 bits per heavy atom. The van der Waals surface area contributed by atoms with Crippen LogP contribution >= 0.6 is 0 Å². The van der Waals surface area contributed by atoms with Gasteiger partial charge in [-0.3, -0.25) is 9.98 Å². The lowest BCUT2D eigenvalue weighted by Crippen LogP contribution is -2.13. The maximum absolute atomic E-state index is 11.0. The number of phenols is 2. The van der Waals surface area contributed by atoms with Gasteiger partial charge in [-0.2, -0.15) is 0 Å². The third-order valence-corrected chi connectivity index (χ3v) is 7.86. The van der Waals surface area contributed by atoms with Crippen LogP contribution in [0.25, 0.3) is 0 Å². The molecule has 0 aliphatic carbocycles. The van der Waals surface area contributed by atoms with Gasteiger partial charge in [0.15, 0.2) is 0 Å². The van der Waals surface area contributed by atoms with Gasteiger partial charge < -0.3 is 10.2 Å². The average molecular weight is 541 g/mol. The molecule has 40 heavy (non-hydrogen) atoms. The number of aromatic hydroxyl groups is 2. The highest BCUT2D eigenvalue weighted by Gasteiger charge is 2.23. The smallest absolute Gasteiger partial charge is 0.128 e. The Hall–Kier alpha value is -3.40. The number of hydrogen-bond donors (Lipinski definition) is 2. The van der Waals surface area contributed by atoms with Crippen LogP contribution in [0.5, 0.6) is 11.5 Å². The van der Waals surface area contributed by atoms with Gasteiger partial charge in [0.2, 0.25) is 0 Å². The molecule has 0 bridgehead atoms. The van der Waals surface area contributed by atoms with Crippen molar-refractivity contribution < 1.29 is 10.2 Å². The summed E-state index contributed by atoms with van der Waals surface area (Å²) in [5.41, 5.74) is 6.98. The third kappa shape index (κ3) is 7.41. The zero-order chi connectivity index (χ0) is 29.8. The predicted octanol–water partition coefficient (Wildman–Crippen LogP) is 10.2. The number of nitrogens with zero attached hydrogens (tertiary/aromatic N) is 2. The van der Waals surface area contributed by atoms with Gasteiger partial charge in [0.05, 0.1) is 11.4 Å². The zero-order valence-electron chi connectivity index (χ0n) is 26.1. The lowest BCUT2D eigenvalue weighted by molar-refractivity contribution is 0.444. The topological polar surface area (TPSA) is 65.2 Å². The lowest BCUT2D eigenvalue weighted by atomic mass is 9.82. The zero-order valence-corrected chi connectivity index (χ0v) is 26.1. The number of hydrogen-bond acceptors (Lipinski definition) is 4. The SMILES string of the molecule is CCC(C)c1cc(C=Nc2ccc(N=Cc3cc(C(C)CC)cc(C(C)(C)C)c3O)cc2)c(O)c(C(C)(C)C)c1. The first kappa shape index (κ1) is 31.1. The fourth-order valence-electron chi connectivity index (χ4n) is 4.65. The van der Waals surface area contributed by atoms with Crippen molar-refractivity contribution in [3.05, 3.63) is 81.9 Å². The van der Waals surface area contributed by atoms with Gasteiger partial charge in [0, 0.05) is 34.7 Å². The van der Waals surface area contributed by atoms with E-state index in [1.165, 1.54) is 11.1 Å². The molecule has 0 aromatic heterocycles. The second kappa shape index (κ2) is 12.4. The highest BCUT2D eigenvalue weighted by atomic mass is 16.3. The summed E-state index contributed by atoms with van der Waals surface area (Å²) in [6.45, 7) is 21.5. The van der Waals surface area contributed by atoms with Gasteiger partial charge in [-0.25, -0.2) is 0 Å². The largest absolute Gasteiger partial charge is 0.507 e. The van der Waals surface area contributed by atoms with Crippen LogP contribution in [-0.2, 0) is 10.8 Å². The molecule has 214 valence electrons. The van der Waals surface area contributed by atoms with Crippen LogP contribution in [0.1, 0.15) is 127 Å². The van der Waals surface area contributed by atoms with E-state index in [9.17, 15) is 10.2 Å². The summed E-state index contributed by atoms with van der Waals surface area (Å²) in [6.07, 6.45) is 5.57. The predicted molar refractivity (Wildman–Crippen MR) is 172 cm³/mol. The van der Waals surface area contributed by atoms with E-state index < -0.39 is 0 Å². The van der Waals surface area contributed by atoms with Crippen LogP contribution < -0.4 is 0 Å². The standard InChI is InChI=1S/C36H48N2O2/c1-11-23(3)25-17-27(33(39)31(19-25)35(5,6)7)21-37-29-13-15-30(16-14-29)38-22-28-18-26(24(4)12-2)20-32(34(28)40)36(8,9)10/h13-24,39-40H,11-12H2,1-10H3. The minimum atomic E-state index is -0.175. The van der Waals surface area contributed by atoms with Gasteiger partial charge in [-0.15, -0.1) is 0 Å².